The van der Waals surface area contributed by atoms with Crippen molar-refractivity contribution in [3.8, 4) is 11.5 Å². The number of halogens is 2. The average molecular weight is 466 g/mol. The molecule has 0 saturated carbocycles. The van der Waals surface area contributed by atoms with Crippen LogP contribution in [0.2, 0.25) is 0 Å². The van der Waals surface area contributed by atoms with Crippen molar-refractivity contribution < 1.29 is 27.8 Å². The molecule has 2 N–H and O–H groups in total. The molecule has 0 unspecified atom stereocenters. The number of hydrogen-bond acceptors (Lipinski definition) is 5. The van der Waals surface area contributed by atoms with Crippen molar-refractivity contribution in [1.82, 2.24) is 14.7 Å². The number of nitrogens with zero attached hydrogens (tertiary/aromatic N) is 2. The lowest BCUT2D eigenvalue weighted by Crippen LogP contribution is -2.33. The number of hydrogen-bond donors (Lipinski definition) is 2. The van der Waals surface area contributed by atoms with E-state index in [1.807, 2.05) is 35.0 Å². The Hall–Kier alpha value is -4.47. The zero-order valence-electron chi connectivity index (χ0n) is 18.0. The highest BCUT2D eigenvalue weighted by atomic mass is 19.1. The van der Waals surface area contributed by atoms with Gasteiger partial charge in [0.15, 0.2) is 11.5 Å². The molecule has 4 aromatic rings. The molecular weight excluding hydrogens is 446 g/mol. The number of rotatable bonds is 8. The number of benzene rings is 2. The minimum atomic E-state index is -1.01. The summed E-state index contributed by atoms with van der Waals surface area (Å²) in [6.45, 7) is -0.242. The zero-order chi connectivity index (χ0) is 24.1. The Morgan fingerprint density at radius 2 is 1.91 bits per heavy atom. The molecule has 0 atom stereocenters. The second-order valence-electron chi connectivity index (χ2n) is 7.21. The first-order valence-corrected chi connectivity index (χ1v) is 10.2. The summed E-state index contributed by atoms with van der Waals surface area (Å²) in [4.78, 5) is 28.8. The second-order valence-corrected chi connectivity index (χ2v) is 7.21. The van der Waals surface area contributed by atoms with Gasteiger partial charge < -0.3 is 24.5 Å². The summed E-state index contributed by atoms with van der Waals surface area (Å²) in [6.07, 6.45) is 3.73. The normalized spacial score (nSPS) is 10.7. The number of fused-ring (bicyclic) bond motifs is 1. The van der Waals surface area contributed by atoms with E-state index in [1.165, 1.54) is 7.11 Å². The lowest BCUT2D eigenvalue weighted by atomic mass is 10.2. The van der Waals surface area contributed by atoms with E-state index in [9.17, 15) is 18.4 Å². The van der Waals surface area contributed by atoms with Gasteiger partial charge in [-0.15, -0.1) is 0 Å². The molecule has 2 aromatic carbocycles. The van der Waals surface area contributed by atoms with E-state index in [2.05, 4.69) is 15.6 Å². The van der Waals surface area contributed by atoms with E-state index in [-0.39, 0.29) is 12.2 Å². The van der Waals surface area contributed by atoms with E-state index in [0.29, 0.717) is 28.9 Å². The summed E-state index contributed by atoms with van der Waals surface area (Å²) >= 11 is 0. The molecule has 0 fully saturated rings. The smallest absolute Gasteiger partial charge is 0.254 e. The molecule has 34 heavy (non-hydrogen) atoms. The van der Waals surface area contributed by atoms with Gasteiger partial charge in [-0.3, -0.25) is 9.59 Å². The van der Waals surface area contributed by atoms with Gasteiger partial charge in [-0.1, -0.05) is 6.07 Å². The van der Waals surface area contributed by atoms with Gasteiger partial charge in [-0.25, -0.2) is 13.8 Å². The molecule has 0 spiro atoms. The Kier molecular flexibility index (Phi) is 6.67. The van der Waals surface area contributed by atoms with Crippen LogP contribution in [0.15, 0.2) is 67.0 Å². The van der Waals surface area contributed by atoms with Crippen molar-refractivity contribution in [2.24, 2.45) is 0 Å². The molecule has 8 nitrogen and oxygen atoms in total. The summed E-state index contributed by atoms with van der Waals surface area (Å²) in [6, 6.07) is 13.0. The fraction of sp³-hybridized carbons (Fsp3) is 0.125. The molecule has 0 radical (unpaired) electrons. The largest absolute Gasteiger partial charge is 0.493 e. The standard InChI is InChI=1S/C24H20F2N4O4/c1-33-20-8-6-16(11-21(20)34-14-17-13-30-9-3-2-4-22(30)28-17)29-23(31)12-27-24(32)18-7-5-15(25)10-19(18)26/h2-11,13H,12,14H2,1H3,(H,27,32)(H,29,31). The highest BCUT2D eigenvalue weighted by molar-refractivity contribution is 5.99. The number of pyridine rings is 1. The Bertz CT molecular complexity index is 1320. The monoisotopic (exact) mass is 466 g/mol. The van der Waals surface area contributed by atoms with Gasteiger partial charge in [-0.05, 0) is 36.4 Å². The van der Waals surface area contributed by atoms with Gasteiger partial charge in [0.1, 0.15) is 23.9 Å². The highest BCUT2D eigenvalue weighted by Gasteiger charge is 2.14. The maximum absolute atomic E-state index is 13.7. The number of aromatic nitrogens is 2. The fourth-order valence-electron chi connectivity index (χ4n) is 3.21. The number of amides is 2. The molecule has 0 saturated heterocycles. The van der Waals surface area contributed by atoms with Crippen LogP contribution in [0.3, 0.4) is 0 Å². The molecule has 4 rings (SSSR count). The highest BCUT2D eigenvalue weighted by Crippen LogP contribution is 2.31. The summed E-state index contributed by atoms with van der Waals surface area (Å²) in [7, 11) is 1.50. The molecule has 0 aliphatic carbocycles. The lowest BCUT2D eigenvalue weighted by molar-refractivity contribution is -0.115. The summed E-state index contributed by atoms with van der Waals surface area (Å²) in [5.41, 5.74) is 1.54. The van der Waals surface area contributed by atoms with Crippen LogP contribution < -0.4 is 20.1 Å². The quantitative estimate of drug-likeness (QED) is 0.414. The van der Waals surface area contributed by atoms with E-state index in [1.54, 1.807) is 18.2 Å². The van der Waals surface area contributed by atoms with Crippen molar-refractivity contribution in [2.75, 3.05) is 19.0 Å². The Labute approximate surface area is 193 Å². The first kappa shape index (κ1) is 22.7. The lowest BCUT2D eigenvalue weighted by Gasteiger charge is -2.13. The number of anilines is 1. The van der Waals surface area contributed by atoms with Crippen molar-refractivity contribution in [2.45, 2.75) is 6.61 Å². The van der Waals surface area contributed by atoms with Crippen molar-refractivity contribution in [1.29, 1.82) is 0 Å². The van der Waals surface area contributed by atoms with Crippen LogP contribution in [0.1, 0.15) is 16.1 Å². The minimum Gasteiger partial charge on any atom is -0.493 e. The van der Waals surface area contributed by atoms with E-state index in [4.69, 9.17) is 9.47 Å². The van der Waals surface area contributed by atoms with Gasteiger partial charge >= 0.3 is 0 Å². The third-order valence-corrected chi connectivity index (χ3v) is 4.82. The number of carbonyl (C=O) groups excluding carboxylic acids is 2. The Balaban J connectivity index is 1.37. The predicted octanol–water partition coefficient (Wildman–Crippen LogP) is 3.57. The predicted molar refractivity (Wildman–Crippen MR) is 120 cm³/mol. The Morgan fingerprint density at radius 3 is 2.68 bits per heavy atom. The van der Waals surface area contributed by atoms with Crippen molar-refractivity contribution in [3.63, 3.8) is 0 Å². The molecule has 2 aromatic heterocycles. The number of methoxy groups -OCH3 is 1. The number of imidazole rings is 1. The van der Waals surface area contributed by atoms with Gasteiger partial charge in [0.25, 0.3) is 5.91 Å². The molecule has 0 aliphatic rings. The first-order valence-electron chi connectivity index (χ1n) is 10.2. The van der Waals surface area contributed by atoms with Crippen LogP contribution in [-0.4, -0.2) is 34.9 Å². The molecule has 2 heterocycles. The van der Waals surface area contributed by atoms with Crippen LogP contribution in [0, 0.1) is 11.6 Å². The van der Waals surface area contributed by atoms with Crippen LogP contribution in [0.4, 0.5) is 14.5 Å². The molecule has 0 aliphatic heterocycles. The maximum atomic E-state index is 13.7. The van der Waals surface area contributed by atoms with Crippen molar-refractivity contribution >= 4 is 23.1 Å². The number of ether oxygens (including phenoxy) is 2. The van der Waals surface area contributed by atoms with Crippen molar-refractivity contribution in [3.05, 3.63) is 89.9 Å². The van der Waals surface area contributed by atoms with E-state index < -0.39 is 30.0 Å². The molecule has 2 amide bonds. The maximum Gasteiger partial charge on any atom is 0.254 e. The number of nitrogens with one attached hydrogen (secondary N) is 2. The SMILES string of the molecule is COc1ccc(NC(=O)CNC(=O)c2ccc(F)cc2F)cc1OCc1cn2ccccc2n1. The minimum absolute atomic E-state index is 0.175. The van der Waals surface area contributed by atoms with Gasteiger partial charge in [0.2, 0.25) is 5.91 Å². The first-order chi connectivity index (χ1) is 16.4. The third-order valence-electron chi connectivity index (χ3n) is 4.82. The van der Waals surface area contributed by atoms with E-state index >= 15 is 0 Å². The van der Waals surface area contributed by atoms with Crippen LogP contribution in [0.5, 0.6) is 11.5 Å². The van der Waals surface area contributed by atoms with Crippen LogP contribution in [-0.2, 0) is 11.4 Å². The Morgan fingerprint density at radius 1 is 1.06 bits per heavy atom. The molecule has 10 heteroatoms. The summed E-state index contributed by atoms with van der Waals surface area (Å²) in [5.74, 6) is -2.35. The van der Waals surface area contributed by atoms with E-state index in [0.717, 1.165) is 17.8 Å². The van der Waals surface area contributed by atoms with Gasteiger partial charge in [0.05, 0.1) is 24.9 Å². The molecule has 174 valence electrons. The summed E-state index contributed by atoms with van der Waals surface area (Å²) in [5, 5.41) is 4.92. The fourth-order valence-corrected chi connectivity index (χ4v) is 3.21. The summed E-state index contributed by atoms with van der Waals surface area (Å²) < 4.78 is 39.7. The molecule has 0 bridgehead atoms. The number of carbonyl (C=O) groups is 2. The van der Waals surface area contributed by atoms with Crippen LogP contribution in [0.25, 0.3) is 5.65 Å². The topological polar surface area (TPSA) is 94.0 Å². The molecular formula is C24H20F2N4O4. The zero-order valence-corrected chi connectivity index (χ0v) is 18.0. The van der Waals surface area contributed by atoms with Crippen LogP contribution >= 0.6 is 0 Å². The second kappa shape index (κ2) is 9.99. The van der Waals surface area contributed by atoms with Gasteiger partial charge in [-0.2, -0.15) is 0 Å². The third kappa shape index (κ3) is 5.29. The average Bonchev–Trinajstić information content (AvgIpc) is 3.24. The van der Waals surface area contributed by atoms with Gasteiger partial charge in [0, 0.05) is 30.2 Å².